The largest absolute Gasteiger partial charge is 0.310 e. The fraction of sp³-hybridized carbons (Fsp3) is 0.692. The van der Waals surface area contributed by atoms with Gasteiger partial charge in [0.05, 0.1) is 0 Å². The lowest BCUT2D eigenvalue weighted by Gasteiger charge is -2.23. The lowest BCUT2D eigenvalue weighted by Crippen LogP contribution is -2.26. The number of thiophene rings is 1. The monoisotopic (exact) mass is 223 g/mol. The minimum Gasteiger partial charge on any atom is -0.310 e. The summed E-state index contributed by atoms with van der Waals surface area (Å²) in [5.74, 6) is 0.874. The van der Waals surface area contributed by atoms with Crippen LogP contribution in [-0.2, 0) is 0 Å². The molecule has 2 heteroatoms. The van der Waals surface area contributed by atoms with Gasteiger partial charge in [-0.3, -0.25) is 0 Å². The van der Waals surface area contributed by atoms with Crippen LogP contribution in [0.3, 0.4) is 0 Å². The first-order valence-electron chi connectivity index (χ1n) is 6.09. The summed E-state index contributed by atoms with van der Waals surface area (Å²) in [4.78, 5) is 1.44. The molecule has 0 amide bonds. The number of nitrogens with one attached hydrogen (secondary N) is 1. The fourth-order valence-electron chi connectivity index (χ4n) is 2.69. The maximum absolute atomic E-state index is 3.66. The van der Waals surface area contributed by atoms with Crippen molar-refractivity contribution >= 4 is 11.3 Å². The maximum atomic E-state index is 3.66. The summed E-state index contributed by atoms with van der Waals surface area (Å²) in [7, 11) is 0. The SMILES string of the molecule is CCNC(c1csc(C)c1)C1CCCC1. The molecule has 0 spiro atoms. The molecule has 1 unspecified atom stereocenters. The molecule has 15 heavy (non-hydrogen) atoms. The van der Waals surface area contributed by atoms with Gasteiger partial charge >= 0.3 is 0 Å². The molecule has 1 aromatic rings. The van der Waals surface area contributed by atoms with Gasteiger partial charge in [-0.1, -0.05) is 19.8 Å². The minimum atomic E-state index is 0.613. The zero-order chi connectivity index (χ0) is 10.7. The van der Waals surface area contributed by atoms with Crippen molar-refractivity contribution in [2.24, 2.45) is 5.92 Å². The van der Waals surface area contributed by atoms with Crippen LogP contribution < -0.4 is 5.32 Å². The Morgan fingerprint density at radius 2 is 2.20 bits per heavy atom. The Bertz CT molecular complexity index is 299. The van der Waals surface area contributed by atoms with Gasteiger partial charge in [0.2, 0.25) is 0 Å². The first-order chi connectivity index (χ1) is 7.31. The molecule has 0 aliphatic heterocycles. The van der Waals surface area contributed by atoms with Crippen LogP contribution in [0, 0.1) is 12.8 Å². The quantitative estimate of drug-likeness (QED) is 0.816. The number of hydrogen-bond donors (Lipinski definition) is 1. The molecule has 2 rings (SSSR count). The van der Waals surface area contributed by atoms with Crippen molar-refractivity contribution in [1.29, 1.82) is 0 Å². The van der Waals surface area contributed by atoms with Crippen LogP contribution in [0.2, 0.25) is 0 Å². The summed E-state index contributed by atoms with van der Waals surface area (Å²) in [6.07, 6.45) is 5.67. The molecule has 1 heterocycles. The van der Waals surface area contributed by atoms with Crippen molar-refractivity contribution in [1.82, 2.24) is 5.32 Å². The summed E-state index contributed by atoms with van der Waals surface area (Å²) in [5.41, 5.74) is 1.52. The van der Waals surface area contributed by atoms with E-state index >= 15 is 0 Å². The van der Waals surface area contributed by atoms with Crippen LogP contribution in [-0.4, -0.2) is 6.54 Å². The molecule has 1 aliphatic rings. The lowest BCUT2D eigenvalue weighted by atomic mass is 9.93. The number of aryl methyl sites for hydroxylation is 1. The van der Waals surface area contributed by atoms with Crippen molar-refractivity contribution in [3.05, 3.63) is 21.9 Å². The second-order valence-corrected chi connectivity index (χ2v) is 5.69. The average molecular weight is 223 g/mol. The molecule has 0 saturated heterocycles. The average Bonchev–Trinajstić information content (AvgIpc) is 2.85. The third-order valence-electron chi connectivity index (χ3n) is 3.41. The standard InChI is InChI=1S/C13H21NS/c1-3-14-13(11-6-4-5-7-11)12-8-10(2)15-9-12/h8-9,11,13-14H,3-7H2,1-2H3. The molecule has 84 valence electrons. The van der Waals surface area contributed by atoms with Gasteiger partial charge in [0.15, 0.2) is 0 Å². The minimum absolute atomic E-state index is 0.613. The van der Waals surface area contributed by atoms with Gasteiger partial charge in [-0.25, -0.2) is 0 Å². The third kappa shape index (κ3) is 2.61. The highest BCUT2D eigenvalue weighted by molar-refractivity contribution is 7.10. The Kier molecular flexibility index (Phi) is 3.81. The van der Waals surface area contributed by atoms with Gasteiger partial charge in [-0.15, -0.1) is 11.3 Å². The van der Waals surface area contributed by atoms with Gasteiger partial charge in [0.1, 0.15) is 0 Å². The molecule has 1 saturated carbocycles. The van der Waals surface area contributed by atoms with Gasteiger partial charge in [-0.2, -0.15) is 0 Å². The summed E-state index contributed by atoms with van der Waals surface area (Å²) in [5, 5.41) is 6.00. The number of rotatable bonds is 4. The normalized spacial score (nSPS) is 19.6. The first-order valence-corrected chi connectivity index (χ1v) is 6.97. The van der Waals surface area contributed by atoms with Crippen LogP contribution in [0.25, 0.3) is 0 Å². The third-order valence-corrected chi connectivity index (χ3v) is 4.28. The second kappa shape index (κ2) is 5.13. The van der Waals surface area contributed by atoms with Crippen molar-refractivity contribution in [2.45, 2.75) is 45.6 Å². The van der Waals surface area contributed by atoms with E-state index in [0.717, 1.165) is 12.5 Å². The van der Waals surface area contributed by atoms with Crippen LogP contribution in [0.1, 0.15) is 49.1 Å². The summed E-state index contributed by atoms with van der Waals surface area (Å²) in [6.45, 7) is 5.49. The van der Waals surface area contributed by atoms with Crippen molar-refractivity contribution in [2.75, 3.05) is 6.54 Å². The Labute approximate surface area is 96.9 Å². The highest BCUT2D eigenvalue weighted by Gasteiger charge is 2.25. The van der Waals surface area contributed by atoms with Crippen molar-refractivity contribution in [3.8, 4) is 0 Å². The van der Waals surface area contributed by atoms with Crippen molar-refractivity contribution < 1.29 is 0 Å². The highest BCUT2D eigenvalue weighted by atomic mass is 32.1. The molecule has 0 aromatic carbocycles. The Morgan fingerprint density at radius 3 is 2.73 bits per heavy atom. The molecule has 1 aliphatic carbocycles. The molecule has 1 N–H and O–H groups in total. The van der Waals surface area contributed by atoms with E-state index in [0.29, 0.717) is 6.04 Å². The summed E-state index contributed by atoms with van der Waals surface area (Å²) in [6, 6.07) is 2.97. The smallest absolute Gasteiger partial charge is 0.0356 e. The first kappa shape index (κ1) is 11.2. The van der Waals surface area contributed by atoms with E-state index in [1.54, 1.807) is 0 Å². The van der Waals surface area contributed by atoms with E-state index in [9.17, 15) is 0 Å². The zero-order valence-electron chi connectivity index (χ0n) is 9.75. The molecule has 1 aromatic heterocycles. The molecule has 1 nitrogen and oxygen atoms in total. The van der Waals surface area contributed by atoms with Crippen LogP contribution in [0.5, 0.6) is 0 Å². The Balaban J connectivity index is 2.11. The molecule has 1 fully saturated rings. The zero-order valence-corrected chi connectivity index (χ0v) is 10.6. The molecule has 1 atom stereocenters. The molecular formula is C13H21NS. The van der Waals surface area contributed by atoms with Gasteiger partial charge in [-0.05, 0) is 49.2 Å². The Hall–Kier alpha value is -0.340. The highest BCUT2D eigenvalue weighted by Crippen LogP contribution is 2.36. The maximum Gasteiger partial charge on any atom is 0.0356 e. The van der Waals surface area contributed by atoms with E-state index < -0.39 is 0 Å². The van der Waals surface area contributed by atoms with E-state index in [-0.39, 0.29) is 0 Å². The van der Waals surface area contributed by atoms with Gasteiger partial charge in [0.25, 0.3) is 0 Å². The second-order valence-electron chi connectivity index (χ2n) is 4.57. The topological polar surface area (TPSA) is 12.0 Å². The van der Waals surface area contributed by atoms with Crippen LogP contribution in [0.15, 0.2) is 11.4 Å². The van der Waals surface area contributed by atoms with Gasteiger partial charge < -0.3 is 5.32 Å². The summed E-state index contributed by atoms with van der Waals surface area (Å²) < 4.78 is 0. The van der Waals surface area contributed by atoms with Gasteiger partial charge in [0, 0.05) is 10.9 Å². The van der Waals surface area contributed by atoms with E-state index in [4.69, 9.17) is 0 Å². The van der Waals surface area contributed by atoms with Crippen LogP contribution >= 0.6 is 11.3 Å². The lowest BCUT2D eigenvalue weighted by molar-refractivity contribution is 0.375. The predicted molar refractivity (Wildman–Crippen MR) is 67.4 cm³/mol. The molecule has 0 radical (unpaired) electrons. The van der Waals surface area contributed by atoms with Crippen LogP contribution in [0.4, 0.5) is 0 Å². The van der Waals surface area contributed by atoms with Crippen molar-refractivity contribution in [3.63, 3.8) is 0 Å². The predicted octanol–water partition coefficient (Wildman–Crippen LogP) is 3.90. The molecular weight excluding hydrogens is 202 g/mol. The number of hydrogen-bond acceptors (Lipinski definition) is 2. The fourth-order valence-corrected chi connectivity index (χ4v) is 3.43. The van der Waals surface area contributed by atoms with E-state index in [1.165, 1.54) is 36.1 Å². The van der Waals surface area contributed by atoms with E-state index in [1.807, 2.05) is 11.3 Å². The molecule has 0 bridgehead atoms. The Morgan fingerprint density at radius 1 is 1.47 bits per heavy atom. The van der Waals surface area contributed by atoms with E-state index in [2.05, 4.69) is 30.6 Å². The summed E-state index contributed by atoms with van der Waals surface area (Å²) >= 11 is 1.88.